The van der Waals surface area contributed by atoms with Crippen LogP contribution < -0.4 is 4.74 Å². The van der Waals surface area contributed by atoms with E-state index < -0.39 is 0 Å². The molecule has 0 fully saturated rings. The van der Waals surface area contributed by atoms with Gasteiger partial charge in [-0.3, -0.25) is 9.98 Å². The molecule has 0 atom stereocenters. The van der Waals surface area contributed by atoms with Gasteiger partial charge in [0, 0.05) is 29.6 Å². The van der Waals surface area contributed by atoms with Crippen LogP contribution in [0.3, 0.4) is 0 Å². The maximum absolute atomic E-state index is 10.5. The van der Waals surface area contributed by atoms with Gasteiger partial charge in [0.25, 0.3) is 0 Å². The summed E-state index contributed by atoms with van der Waals surface area (Å²) in [5.74, 6) is 0.894. The highest BCUT2D eigenvalue weighted by molar-refractivity contribution is 5.91. The molecule has 0 unspecified atom stereocenters. The van der Waals surface area contributed by atoms with Crippen LogP contribution in [0.2, 0.25) is 0 Å². The van der Waals surface area contributed by atoms with Gasteiger partial charge in [0.15, 0.2) is 0 Å². The zero-order valence-corrected chi connectivity index (χ0v) is 20.8. The molecule has 5 aromatic rings. The molecule has 0 heterocycles. The van der Waals surface area contributed by atoms with E-state index in [2.05, 4.69) is 9.98 Å². The molecule has 186 valence electrons. The fraction of sp³-hybridized carbons (Fsp3) is 0.0303. The molecule has 0 amide bonds. The highest BCUT2D eigenvalue weighted by Crippen LogP contribution is 2.33. The Balaban J connectivity index is 1.48. The van der Waals surface area contributed by atoms with Crippen LogP contribution in [0.5, 0.6) is 17.2 Å². The van der Waals surface area contributed by atoms with E-state index in [1.54, 1.807) is 49.9 Å². The summed E-state index contributed by atoms with van der Waals surface area (Å²) < 4.78 is 5.39. The van der Waals surface area contributed by atoms with Crippen LogP contribution >= 0.6 is 0 Å². The summed E-state index contributed by atoms with van der Waals surface area (Å²) in [6.07, 6.45) is 3.24. The molecule has 5 rings (SSSR count). The first kappa shape index (κ1) is 24.5. The summed E-state index contributed by atoms with van der Waals surface area (Å²) in [7, 11) is 1.59. The first-order valence-electron chi connectivity index (χ1n) is 12.1. The van der Waals surface area contributed by atoms with Crippen molar-refractivity contribution in [1.29, 1.82) is 0 Å². The SMILES string of the molecule is COc1ccc(N=Cc2cc(-c3ccccc3)ccc2O)c(N=Cc2cc(-c3ccccc3)ccc2O)c1. The van der Waals surface area contributed by atoms with Gasteiger partial charge in [-0.1, -0.05) is 72.8 Å². The van der Waals surface area contributed by atoms with Crippen LogP contribution in [0.1, 0.15) is 11.1 Å². The van der Waals surface area contributed by atoms with E-state index in [4.69, 9.17) is 4.74 Å². The molecule has 0 bridgehead atoms. The summed E-state index contributed by atoms with van der Waals surface area (Å²) in [4.78, 5) is 9.27. The molecule has 5 aromatic carbocycles. The summed E-state index contributed by atoms with van der Waals surface area (Å²) in [5.41, 5.74) is 6.37. The molecule has 0 saturated heterocycles. The number of aromatic hydroxyl groups is 2. The average molecular weight is 499 g/mol. The standard InChI is InChI=1S/C33H26N2O3/c1-38-29-14-15-30(34-21-27-18-25(12-16-32(27)36)23-8-4-2-5-9-23)31(20-29)35-22-28-19-26(13-17-33(28)37)24-10-6-3-7-11-24/h2-22,36-37H,1H3. The first-order valence-corrected chi connectivity index (χ1v) is 12.1. The normalized spacial score (nSPS) is 11.3. The molecule has 38 heavy (non-hydrogen) atoms. The fourth-order valence-corrected chi connectivity index (χ4v) is 4.06. The molecule has 0 spiro atoms. The number of hydrogen-bond acceptors (Lipinski definition) is 5. The number of nitrogens with zero attached hydrogens (tertiary/aromatic N) is 2. The molecular weight excluding hydrogens is 472 g/mol. The molecule has 2 N–H and O–H groups in total. The number of ether oxygens (including phenoxy) is 1. The predicted octanol–water partition coefficient (Wildman–Crippen LogP) is 7.94. The highest BCUT2D eigenvalue weighted by atomic mass is 16.5. The minimum absolute atomic E-state index is 0.129. The topological polar surface area (TPSA) is 74.4 Å². The Hall–Kier alpha value is -5.16. The van der Waals surface area contributed by atoms with E-state index >= 15 is 0 Å². The van der Waals surface area contributed by atoms with Crippen LogP contribution in [-0.4, -0.2) is 29.8 Å². The maximum atomic E-state index is 10.5. The molecule has 0 radical (unpaired) electrons. The Bertz CT molecular complexity index is 1610. The second-order valence-electron chi connectivity index (χ2n) is 8.65. The molecule has 0 aliphatic carbocycles. The summed E-state index contributed by atoms with van der Waals surface area (Å²) in [6, 6.07) is 36.2. The number of methoxy groups -OCH3 is 1. The van der Waals surface area contributed by atoms with Gasteiger partial charge in [-0.15, -0.1) is 0 Å². The third kappa shape index (κ3) is 5.63. The van der Waals surface area contributed by atoms with Crippen molar-refractivity contribution in [2.75, 3.05) is 7.11 Å². The number of rotatable bonds is 7. The number of benzene rings is 5. The zero-order chi connectivity index (χ0) is 26.3. The van der Waals surface area contributed by atoms with Gasteiger partial charge >= 0.3 is 0 Å². The Morgan fingerprint density at radius 3 is 1.53 bits per heavy atom. The number of aliphatic imine (C=N–C) groups is 2. The van der Waals surface area contributed by atoms with E-state index in [0.717, 1.165) is 22.3 Å². The van der Waals surface area contributed by atoms with E-state index in [9.17, 15) is 10.2 Å². The van der Waals surface area contributed by atoms with Crippen molar-refractivity contribution in [3.63, 3.8) is 0 Å². The quantitative estimate of drug-likeness (QED) is 0.224. The first-order chi connectivity index (χ1) is 18.6. The highest BCUT2D eigenvalue weighted by Gasteiger charge is 2.07. The molecule has 0 aliphatic rings. The number of hydrogen-bond donors (Lipinski definition) is 2. The molecule has 5 nitrogen and oxygen atoms in total. The second kappa shape index (κ2) is 11.3. The Kier molecular flexibility index (Phi) is 7.27. The Morgan fingerprint density at radius 2 is 1.03 bits per heavy atom. The van der Waals surface area contributed by atoms with Gasteiger partial charge in [0.1, 0.15) is 17.2 Å². The number of phenols is 2. The Morgan fingerprint density at radius 1 is 0.526 bits per heavy atom. The minimum Gasteiger partial charge on any atom is -0.507 e. The van der Waals surface area contributed by atoms with Crippen LogP contribution in [0, 0.1) is 0 Å². The minimum atomic E-state index is 0.129. The fourth-order valence-electron chi connectivity index (χ4n) is 4.06. The van der Waals surface area contributed by atoms with Crippen molar-refractivity contribution < 1.29 is 14.9 Å². The third-order valence-corrected chi connectivity index (χ3v) is 6.14. The van der Waals surface area contributed by atoms with E-state index in [1.165, 1.54) is 0 Å². The molecule has 0 aliphatic heterocycles. The summed E-state index contributed by atoms with van der Waals surface area (Å²) in [6.45, 7) is 0. The van der Waals surface area contributed by atoms with Gasteiger partial charge in [0.2, 0.25) is 0 Å². The lowest BCUT2D eigenvalue weighted by Crippen LogP contribution is -1.87. The maximum Gasteiger partial charge on any atom is 0.124 e. The summed E-state index contributed by atoms with van der Waals surface area (Å²) in [5, 5.41) is 20.9. The van der Waals surface area contributed by atoms with Crippen LogP contribution in [0.15, 0.2) is 125 Å². The predicted molar refractivity (Wildman–Crippen MR) is 155 cm³/mol. The second-order valence-corrected chi connectivity index (χ2v) is 8.65. The van der Waals surface area contributed by atoms with E-state index in [1.807, 2.05) is 84.9 Å². The lowest BCUT2D eigenvalue weighted by Gasteiger charge is -2.07. The molecule has 0 saturated carbocycles. The Labute approximate surface area is 221 Å². The lowest BCUT2D eigenvalue weighted by atomic mass is 10.0. The van der Waals surface area contributed by atoms with Crippen molar-refractivity contribution >= 4 is 23.8 Å². The average Bonchev–Trinajstić information content (AvgIpc) is 2.97. The largest absolute Gasteiger partial charge is 0.507 e. The van der Waals surface area contributed by atoms with Crippen molar-refractivity contribution in [3.8, 4) is 39.5 Å². The van der Waals surface area contributed by atoms with Crippen LogP contribution in [0.4, 0.5) is 11.4 Å². The lowest BCUT2D eigenvalue weighted by molar-refractivity contribution is 0.415. The molecular formula is C33H26N2O3. The monoisotopic (exact) mass is 498 g/mol. The smallest absolute Gasteiger partial charge is 0.124 e. The molecule has 5 heteroatoms. The van der Waals surface area contributed by atoms with Gasteiger partial charge in [-0.2, -0.15) is 0 Å². The summed E-state index contributed by atoms with van der Waals surface area (Å²) >= 11 is 0. The van der Waals surface area contributed by atoms with Crippen molar-refractivity contribution in [3.05, 3.63) is 126 Å². The van der Waals surface area contributed by atoms with Gasteiger partial charge in [-0.25, -0.2) is 0 Å². The third-order valence-electron chi connectivity index (χ3n) is 6.14. The van der Waals surface area contributed by atoms with Crippen molar-refractivity contribution in [1.82, 2.24) is 0 Å². The van der Waals surface area contributed by atoms with Crippen LogP contribution in [0.25, 0.3) is 22.3 Å². The van der Waals surface area contributed by atoms with Crippen molar-refractivity contribution in [2.24, 2.45) is 9.98 Å². The van der Waals surface area contributed by atoms with E-state index in [0.29, 0.717) is 28.3 Å². The zero-order valence-electron chi connectivity index (χ0n) is 20.8. The van der Waals surface area contributed by atoms with E-state index in [-0.39, 0.29) is 11.5 Å². The van der Waals surface area contributed by atoms with Gasteiger partial charge in [-0.05, 0) is 58.7 Å². The van der Waals surface area contributed by atoms with Crippen LogP contribution in [-0.2, 0) is 0 Å². The number of phenolic OH excluding ortho intramolecular Hbond substituents is 2. The van der Waals surface area contributed by atoms with Crippen molar-refractivity contribution in [2.45, 2.75) is 0 Å². The van der Waals surface area contributed by atoms with Gasteiger partial charge in [0.05, 0.1) is 18.5 Å². The van der Waals surface area contributed by atoms with Gasteiger partial charge < -0.3 is 14.9 Å². The molecule has 0 aromatic heterocycles.